The van der Waals surface area contributed by atoms with Crippen LogP contribution in [-0.4, -0.2) is 27.8 Å². The number of hydrogen-bond acceptors (Lipinski definition) is 6. The van der Waals surface area contributed by atoms with E-state index in [0.29, 0.717) is 11.5 Å². The molecular weight excluding hydrogens is 262 g/mol. The number of benzene rings is 1. The summed E-state index contributed by atoms with van der Waals surface area (Å²) in [5.41, 5.74) is 0.559. The third-order valence-corrected chi connectivity index (χ3v) is 2.48. The number of carbonyl (C=O) groups excluding carboxylic acids is 1. The Kier molecular flexibility index (Phi) is 3.85. The normalized spacial score (nSPS) is 9.85. The topological polar surface area (TPSA) is 110 Å². The highest BCUT2D eigenvalue weighted by Gasteiger charge is 2.09. The quantitative estimate of drug-likeness (QED) is 0.647. The maximum absolute atomic E-state index is 11.9. The number of carbonyl (C=O) groups is 1. The van der Waals surface area contributed by atoms with Crippen LogP contribution >= 0.6 is 0 Å². The summed E-state index contributed by atoms with van der Waals surface area (Å²) in [5, 5.41) is 15.9. The smallest absolute Gasteiger partial charge is 0.275 e. The maximum Gasteiger partial charge on any atom is 0.275 e. The van der Waals surface area contributed by atoms with Crippen LogP contribution in [0.5, 0.6) is 0 Å². The zero-order valence-electron chi connectivity index (χ0n) is 10.5. The second-order valence-electron chi connectivity index (χ2n) is 3.79. The molecule has 0 atom stereocenters. The van der Waals surface area contributed by atoms with Gasteiger partial charge in [0.25, 0.3) is 11.6 Å². The number of anilines is 2. The van der Waals surface area contributed by atoms with Crippen LogP contribution in [0.2, 0.25) is 0 Å². The van der Waals surface area contributed by atoms with Crippen molar-refractivity contribution in [1.29, 1.82) is 0 Å². The molecule has 1 heterocycles. The molecule has 0 unspecified atom stereocenters. The van der Waals surface area contributed by atoms with Gasteiger partial charge in [0.05, 0.1) is 17.3 Å². The second kappa shape index (κ2) is 5.74. The molecule has 8 heteroatoms. The van der Waals surface area contributed by atoms with Gasteiger partial charge in [0.2, 0.25) is 0 Å². The number of nitrogens with one attached hydrogen (secondary N) is 2. The first-order chi connectivity index (χ1) is 9.60. The number of non-ortho nitro benzene ring substituents is 1. The van der Waals surface area contributed by atoms with Gasteiger partial charge in [0.1, 0.15) is 11.5 Å². The van der Waals surface area contributed by atoms with Crippen LogP contribution in [0.1, 0.15) is 10.5 Å². The molecule has 0 radical (unpaired) electrons. The van der Waals surface area contributed by atoms with E-state index in [4.69, 9.17) is 0 Å². The molecule has 1 aromatic heterocycles. The van der Waals surface area contributed by atoms with Crippen molar-refractivity contribution in [2.45, 2.75) is 0 Å². The fourth-order valence-electron chi connectivity index (χ4n) is 1.44. The predicted molar refractivity (Wildman–Crippen MR) is 72.6 cm³/mol. The Bertz CT molecular complexity index is 625. The van der Waals surface area contributed by atoms with Crippen LogP contribution in [0.15, 0.2) is 36.7 Å². The number of aromatic nitrogens is 2. The van der Waals surface area contributed by atoms with E-state index in [1.54, 1.807) is 7.05 Å². The lowest BCUT2D eigenvalue weighted by molar-refractivity contribution is -0.384. The summed E-state index contributed by atoms with van der Waals surface area (Å²) in [7, 11) is 1.70. The molecule has 0 fully saturated rings. The van der Waals surface area contributed by atoms with Crippen LogP contribution in [0.4, 0.5) is 17.2 Å². The molecule has 2 rings (SSSR count). The third kappa shape index (κ3) is 3.05. The van der Waals surface area contributed by atoms with Crippen molar-refractivity contribution in [3.05, 3.63) is 52.5 Å². The average Bonchev–Trinajstić information content (AvgIpc) is 2.48. The van der Waals surface area contributed by atoms with Gasteiger partial charge in [-0.1, -0.05) is 0 Å². The molecule has 8 nitrogen and oxygen atoms in total. The highest BCUT2D eigenvalue weighted by atomic mass is 16.6. The van der Waals surface area contributed by atoms with Crippen LogP contribution < -0.4 is 10.6 Å². The second-order valence-corrected chi connectivity index (χ2v) is 3.79. The van der Waals surface area contributed by atoms with Crippen molar-refractivity contribution in [3.8, 4) is 0 Å². The number of nitrogens with zero attached hydrogens (tertiary/aromatic N) is 3. The highest BCUT2D eigenvalue weighted by Crippen LogP contribution is 2.15. The summed E-state index contributed by atoms with van der Waals surface area (Å²) in [6.45, 7) is 0. The summed E-state index contributed by atoms with van der Waals surface area (Å²) >= 11 is 0. The first kappa shape index (κ1) is 13.4. The van der Waals surface area contributed by atoms with E-state index in [2.05, 4.69) is 20.6 Å². The van der Waals surface area contributed by atoms with E-state index in [1.807, 2.05) is 0 Å². The predicted octanol–water partition coefficient (Wildman–Crippen LogP) is 1.68. The molecule has 20 heavy (non-hydrogen) atoms. The molecule has 1 amide bonds. The highest BCUT2D eigenvalue weighted by molar-refractivity contribution is 6.02. The van der Waals surface area contributed by atoms with Crippen molar-refractivity contribution >= 4 is 23.1 Å². The standard InChI is InChI=1S/C12H11N5O3/c1-13-11-7-14-10(6-15-11)12(18)16-8-2-4-9(5-3-8)17(19)20/h2-7H,1H3,(H,13,15)(H,16,18). The molecule has 2 N–H and O–H groups in total. The monoisotopic (exact) mass is 273 g/mol. The fourth-order valence-corrected chi connectivity index (χ4v) is 1.44. The lowest BCUT2D eigenvalue weighted by atomic mass is 10.3. The van der Waals surface area contributed by atoms with Gasteiger partial charge in [0, 0.05) is 24.9 Å². The van der Waals surface area contributed by atoms with Crippen molar-refractivity contribution in [2.24, 2.45) is 0 Å². The van der Waals surface area contributed by atoms with Gasteiger partial charge in [0.15, 0.2) is 0 Å². The number of amides is 1. The van der Waals surface area contributed by atoms with Crippen LogP contribution in [-0.2, 0) is 0 Å². The summed E-state index contributed by atoms with van der Waals surface area (Å²) in [6.07, 6.45) is 2.78. The minimum Gasteiger partial charge on any atom is -0.372 e. The number of nitro groups is 1. The van der Waals surface area contributed by atoms with Crippen LogP contribution in [0.25, 0.3) is 0 Å². The van der Waals surface area contributed by atoms with Crippen molar-refractivity contribution < 1.29 is 9.72 Å². The molecule has 0 saturated carbocycles. The Morgan fingerprint density at radius 3 is 2.40 bits per heavy atom. The minimum atomic E-state index is -0.506. The molecule has 102 valence electrons. The molecule has 1 aromatic carbocycles. The van der Waals surface area contributed by atoms with Gasteiger partial charge >= 0.3 is 0 Å². The van der Waals surface area contributed by atoms with E-state index < -0.39 is 10.8 Å². The van der Waals surface area contributed by atoms with Crippen LogP contribution in [0, 0.1) is 10.1 Å². The van der Waals surface area contributed by atoms with Gasteiger partial charge < -0.3 is 10.6 Å². The lowest BCUT2D eigenvalue weighted by Gasteiger charge is -2.04. The largest absolute Gasteiger partial charge is 0.372 e. The molecule has 0 spiro atoms. The van der Waals surface area contributed by atoms with Gasteiger partial charge in [-0.15, -0.1) is 0 Å². The maximum atomic E-state index is 11.9. The first-order valence-electron chi connectivity index (χ1n) is 5.66. The molecule has 2 aromatic rings. The Hall–Kier alpha value is -3.03. The van der Waals surface area contributed by atoms with E-state index in [-0.39, 0.29) is 11.4 Å². The minimum absolute atomic E-state index is 0.0406. The van der Waals surface area contributed by atoms with Gasteiger partial charge in [-0.3, -0.25) is 14.9 Å². The Morgan fingerprint density at radius 1 is 1.20 bits per heavy atom. The van der Waals surface area contributed by atoms with E-state index >= 15 is 0 Å². The molecular formula is C12H11N5O3. The fraction of sp³-hybridized carbons (Fsp3) is 0.0833. The van der Waals surface area contributed by atoms with Crippen molar-refractivity contribution in [3.63, 3.8) is 0 Å². The summed E-state index contributed by atoms with van der Waals surface area (Å²) < 4.78 is 0. The summed E-state index contributed by atoms with van der Waals surface area (Å²) in [6, 6.07) is 5.52. The Balaban J connectivity index is 2.08. The number of hydrogen-bond donors (Lipinski definition) is 2. The zero-order valence-corrected chi connectivity index (χ0v) is 10.5. The first-order valence-corrected chi connectivity index (χ1v) is 5.66. The van der Waals surface area contributed by atoms with E-state index in [1.165, 1.54) is 36.7 Å². The summed E-state index contributed by atoms with van der Waals surface area (Å²) in [5.74, 6) is 0.117. The molecule has 0 aliphatic rings. The zero-order chi connectivity index (χ0) is 14.5. The van der Waals surface area contributed by atoms with Crippen molar-refractivity contribution in [2.75, 3.05) is 17.7 Å². The van der Waals surface area contributed by atoms with Gasteiger partial charge in [-0.05, 0) is 12.1 Å². The summed E-state index contributed by atoms with van der Waals surface area (Å²) in [4.78, 5) is 29.8. The SMILES string of the molecule is CNc1cnc(C(=O)Nc2ccc([N+](=O)[O-])cc2)cn1. The molecule has 0 aliphatic heterocycles. The van der Waals surface area contributed by atoms with Crippen molar-refractivity contribution in [1.82, 2.24) is 9.97 Å². The Labute approximate surface area is 114 Å². The Morgan fingerprint density at radius 2 is 1.90 bits per heavy atom. The molecule has 0 bridgehead atoms. The van der Waals surface area contributed by atoms with E-state index in [9.17, 15) is 14.9 Å². The number of nitro benzene ring substituents is 1. The van der Waals surface area contributed by atoms with E-state index in [0.717, 1.165) is 0 Å². The average molecular weight is 273 g/mol. The van der Waals surface area contributed by atoms with Gasteiger partial charge in [-0.2, -0.15) is 0 Å². The van der Waals surface area contributed by atoms with Crippen LogP contribution in [0.3, 0.4) is 0 Å². The molecule has 0 aliphatic carbocycles. The third-order valence-electron chi connectivity index (χ3n) is 2.48. The lowest BCUT2D eigenvalue weighted by Crippen LogP contribution is -2.14. The molecule has 0 saturated heterocycles. The number of rotatable bonds is 4. The van der Waals surface area contributed by atoms with Gasteiger partial charge in [-0.25, -0.2) is 9.97 Å².